The fraction of sp³-hybridized carbons (Fsp3) is 0.364. The van der Waals surface area contributed by atoms with Gasteiger partial charge in [-0.25, -0.2) is 0 Å². The summed E-state index contributed by atoms with van der Waals surface area (Å²) in [6, 6.07) is 5.63. The summed E-state index contributed by atoms with van der Waals surface area (Å²) in [5, 5.41) is 3.42. The van der Waals surface area contributed by atoms with Gasteiger partial charge in [-0.15, -0.1) is 0 Å². The molecule has 0 aliphatic heterocycles. The third-order valence-corrected chi connectivity index (χ3v) is 2.50. The highest BCUT2D eigenvalue weighted by Crippen LogP contribution is 2.17. The second-order valence-corrected chi connectivity index (χ2v) is 3.67. The topological polar surface area (TPSA) is 55.1 Å². The van der Waals surface area contributed by atoms with Gasteiger partial charge in [0.1, 0.15) is 0 Å². The molecule has 0 bridgehead atoms. The summed E-state index contributed by atoms with van der Waals surface area (Å²) in [5.41, 5.74) is 7.39. The van der Waals surface area contributed by atoms with Crippen molar-refractivity contribution in [2.24, 2.45) is 5.73 Å². The first-order valence-electron chi connectivity index (χ1n) is 4.91. The summed E-state index contributed by atoms with van der Waals surface area (Å²) in [6.45, 7) is 2.76. The molecule has 0 saturated heterocycles. The number of nitrogens with one attached hydrogen (secondary N) is 1. The number of carbonyl (C=O) groups excluding carboxylic acids is 1. The predicted octanol–water partition coefficient (Wildman–Crippen LogP) is 1.82. The largest absolute Gasteiger partial charge is 0.352 e. The molecule has 0 aromatic heterocycles. The van der Waals surface area contributed by atoms with Gasteiger partial charge in [0.05, 0.1) is 0 Å². The maximum atomic E-state index is 11.0. The molecule has 4 heteroatoms. The van der Waals surface area contributed by atoms with Crippen molar-refractivity contribution in [2.45, 2.75) is 26.4 Å². The van der Waals surface area contributed by atoms with Gasteiger partial charge >= 0.3 is 0 Å². The summed E-state index contributed by atoms with van der Waals surface area (Å²) in [6.07, 6.45) is 0.485. The highest BCUT2D eigenvalue weighted by Gasteiger charge is 2.02. The molecule has 1 amide bonds. The van der Waals surface area contributed by atoms with Crippen LogP contribution in [0.5, 0.6) is 0 Å². The van der Waals surface area contributed by atoms with Crippen LogP contribution in [0.4, 0.5) is 0 Å². The molecule has 0 aliphatic carbocycles. The Hall–Kier alpha value is -1.06. The zero-order valence-electron chi connectivity index (χ0n) is 8.72. The Morgan fingerprint density at radius 3 is 2.80 bits per heavy atom. The Balaban J connectivity index is 2.66. The van der Waals surface area contributed by atoms with E-state index in [1.165, 1.54) is 0 Å². The Bertz CT molecular complexity index is 352. The minimum absolute atomic E-state index is 0.0222. The molecule has 0 spiro atoms. The molecule has 0 radical (unpaired) electrons. The van der Waals surface area contributed by atoms with E-state index in [-0.39, 0.29) is 5.91 Å². The van der Waals surface area contributed by atoms with Crippen molar-refractivity contribution in [2.75, 3.05) is 0 Å². The van der Waals surface area contributed by atoms with Crippen LogP contribution in [-0.4, -0.2) is 5.91 Å². The maximum absolute atomic E-state index is 11.0. The fourth-order valence-corrected chi connectivity index (χ4v) is 1.45. The van der Waals surface area contributed by atoms with Gasteiger partial charge in [-0.05, 0) is 17.2 Å². The van der Waals surface area contributed by atoms with Gasteiger partial charge in [0, 0.05) is 24.5 Å². The third-order valence-electron chi connectivity index (χ3n) is 2.15. The van der Waals surface area contributed by atoms with Crippen molar-refractivity contribution < 1.29 is 4.79 Å². The summed E-state index contributed by atoms with van der Waals surface area (Å²) in [4.78, 5) is 11.0. The van der Waals surface area contributed by atoms with Gasteiger partial charge < -0.3 is 11.1 Å². The number of hydrogen-bond donors (Lipinski definition) is 2. The highest BCUT2D eigenvalue weighted by molar-refractivity contribution is 6.31. The molecule has 0 saturated carbocycles. The lowest BCUT2D eigenvalue weighted by Gasteiger charge is -2.07. The second kappa shape index (κ2) is 5.73. The number of rotatable bonds is 4. The Kier molecular flexibility index (Phi) is 4.59. The Morgan fingerprint density at radius 1 is 1.53 bits per heavy atom. The van der Waals surface area contributed by atoms with Crippen LogP contribution in [0.2, 0.25) is 5.02 Å². The molecule has 3 N–H and O–H groups in total. The van der Waals surface area contributed by atoms with Gasteiger partial charge in [-0.1, -0.05) is 30.7 Å². The number of nitrogens with two attached hydrogens (primary N) is 1. The van der Waals surface area contributed by atoms with Crippen molar-refractivity contribution in [1.29, 1.82) is 0 Å². The van der Waals surface area contributed by atoms with E-state index in [2.05, 4.69) is 5.32 Å². The number of benzene rings is 1. The third kappa shape index (κ3) is 3.53. The van der Waals surface area contributed by atoms with E-state index in [4.69, 9.17) is 17.3 Å². The first-order chi connectivity index (χ1) is 7.17. The molecular formula is C11H15ClN2O. The van der Waals surface area contributed by atoms with Crippen molar-refractivity contribution in [3.05, 3.63) is 34.3 Å². The van der Waals surface area contributed by atoms with Crippen molar-refractivity contribution in [3.63, 3.8) is 0 Å². The van der Waals surface area contributed by atoms with E-state index < -0.39 is 0 Å². The van der Waals surface area contributed by atoms with Crippen LogP contribution in [-0.2, 0) is 17.9 Å². The molecule has 1 aromatic rings. The minimum atomic E-state index is 0.0222. The van der Waals surface area contributed by atoms with Crippen LogP contribution in [0, 0.1) is 0 Å². The Morgan fingerprint density at radius 2 is 2.27 bits per heavy atom. The zero-order valence-corrected chi connectivity index (χ0v) is 9.47. The van der Waals surface area contributed by atoms with Gasteiger partial charge in [-0.3, -0.25) is 4.79 Å². The lowest BCUT2D eigenvalue weighted by atomic mass is 10.1. The first-order valence-corrected chi connectivity index (χ1v) is 5.29. The number of hydrogen-bond acceptors (Lipinski definition) is 2. The van der Waals surface area contributed by atoms with Gasteiger partial charge in [0.15, 0.2) is 0 Å². The Labute approximate surface area is 94.6 Å². The van der Waals surface area contributed by atoms with Gasteiger partial charge in [0.2, 0.25) is 5.91 Å². The van der Waals surface area contributed by atoms with E-state index in [0.717, 1.165) is 11.1 Å². The molecule has 0 heterocycles. The SMILES string of the molecule is CCC(=O)NCc1ccc(CN)cc1Cl. The quantitative estimate of drug-likeness (QED) is 0.823. The minimum Gasteiger partial charge on any atom is -0.352 e. The smallest absolute Gasteiger partial charge is 0.219 e. The molecule has 1 aromatic carbocycles. The molecular weight excluding hydrogens is 212 g/mol. The fourth-order valence-electron chi connectivity index (χ4n) is 1.18. The average molecular weight is 227 g/mol. The first kappa shape index (κ1) is 12.0. The van der Waals surface area contributed by atoms with Crippen LogP contribution < -0.4 is 11.1 Å². The van der Waals surface area contributed by atoms with E-state index in [1.54, 1.807) is 0 Å². The lowest BCUT2D eigenvalue weighted by Crippen LogP contribution is -2.21. The van der Waals surface area contributed by atoms with Gasteiger partial charge in [0.25, 0.3) is 0 Å². The van der Waals surface area contributed by atoms with Crippen LogP contribution in [0.1, 0.15) is 24.5 Å². The van der Waals surface area contributed by atoms with Crippen molar-refractivity contribution >= 4 is 17.5 Å². The summed E-state index contributed by atoms with van der Waals surface area (Å²) in [5.74, 6) is 0.0222. The van der Waals surface area contributed by atoms with Crippen molar-refractivity contribution in [3.8, 4) is 0 Å². The molecule has 0 fully saturated rings. The maximum Gasteiger partial charge on any atom is 0.219 e. The second-order valence-electron chi connectivity index (χ2n) is 3.26. The summed E-state index contributed by atoms with van der Waals surface area (Å²) >= 11 is 6.03. The molecule has 15 heavy (non-hydrogen) atoms. The van der Waals surface area contributed by atoms with E-state index in [1.807, 2.05) is 25.1 Å². The van der Waals surface area contributed by atoms with Crippen LogP contribution in [0.3, 0.4) is 0 Å². The normalized spacial score (nSPS) is 10.1. The van der Waals surface area contributed by atoms with Crippen LogP contribution in [0.15, 0.2) is 18.2 Å². The molecule has 3 nitrogen and oxygen atoms in total. The van der Waals surface area contributed by atoms with Crippen molar-refractivity contribution in [1.82, 2.24) is 5.32 Å². The number of amides is 1. The molecule has 0 unspecified atom stereocenters. The van der Waals surface area contributed by atoms with Crippen LogP contribution >= 0.6 is 11.6 Å². The van der Waals surface area contributed by atoms with E-state index in [9.17, 15) is 4.79 Å². The molecule has 0 aliphatic rings. The summed E-state index contributed by atoms with van der Waals surface area (Å²) < 4.78 is 0. The standard InChI is InChI=1S/C11H15ClN2O/c1-2-11(15)14-7-9-4-3-8(6-13)5-10(9)12/h3-5H,2,6-7,13H2,1H3,(H,14,15). The average Bonchev–Trinajstić information content (AvgIpc) is 2.26. The van der Waals surface area contributed by atoms with E-state index >= 15 is 0 Å². The molecule has 0 atom stereocenters. The van der Waals surface area contributed by atoms with Gasteiger partial charge in [-0.2, -0.15) is 0 Å². The lowest BCUT2D eigenvalue weighted by molar-refractivity contribution is -0.120. The predicted molar refractivity (Wildman–Crippen MR) is 61.5 cm³/mol. The number of carbonyl (C=O) groups is 1. The number of halogens is 1. The molecule has 82 valence electrons. The van der Waals surface area contributed by atoms with E-state index in [0.29, 0.717) is 24.5 Å². The van der Waals surface area contributed by atoms with Crippen LogP contribution in [0.25, 0.3) is 0 Å². The molecule has 1 rings (SSSR count). The zero-order chi connectivity index (χ0) is 11.3. The highest BCUT2D eigenvalue weighted by atomic mass is 35.5. The monoisotopic (exact) mass is 226 g/mol. The summed E-state index contributed by atoms with van der Waals surface area (Å²) in [7, 11) is 0.